The van der Waals surface area contributed by atoms with E-state index in [4.69, 9.17) is 4.74 Å². The molecule has 1 fully saturated rings. The number of carbonyl (C=O) groups excluding carboxylic acids is 3. The lowest BCUT2D eigenvalue weighted by Crippen LogP contribution is -2.22. The van der Waals surface area contributed by atoms with Crippen molar-refractivity contribution in [3.8, 4) is 0 Å². The molecule has 2 atom stereocenters. The van der Waals surface area contributed by atoms with Crippen LogP contribution in [0.25, 0.3) is 0 Å². The number of amides is 2. The Morgan fingerprint density at radius 2 is 1.82 bits per heavy atom. The van der Waals surface area contributed by atoms with E-state index in [0.717, 1.165) is 6.42 Å². The Hall–Kier alpha value is -2.37. The highest BCUT2D eigenvalue weighted by molar-refractivity contribution is 5.96. The lowest BCUT2D eigenvalue weighted by atomic mass is 10.2. The van der Waals surface area contributed by atoms with Crippen LogP contribution in [0.15, 0.2) is 24.3 Å². The van der Waals surface area contributed by atoms with E-state index in [1.807, 2.05) is 6.92 Å². The number of anilines is 1. The first-order valence-corrected chi connectivity index (χ1v) is 7.16. The van der Waals surface area contributed by atoms with Gasteiger partial charge in [-0.3, -0.25) is 14.4 Å². The molecule has 0 bridgehead atoms. The molecule has 1 aromatic carbocycles. The summed E-state index contributed by atoms with van der Waals surface area (Å²) in [5, 5.41) is 2.62. The Bertz CT molecular complexity index is 580. The first kappa shape index (κ1) is 16.0. The van der Waals surface area contributed by atoms with Crippen molar-refractivity contribution in [2.24, 2.45) is 11.8 Å². The van der Waals surface area contributed by atoms with Gasteiger partial charge in [-0.1, -0.05) is 6.92 Å². The van der Waals surface area contributed by atoms with Crippen molar-refractivity contribution in [2.45, 2.75) is 13.3 Å². The van der Waals surface area contributed by atoms with Crippen LogP contribution in [0.2, 0.25) is 0 Å². The molecule has 0 aliphatic heterocycles. The zero-order valence-electron chi connectivity index (χ0n) is 13.0. The van der Waals surface area contributed by atoms with E-state index in [9.17, 15) is 14.4 Å². The number of benzene rings is 1. The molecule has 1 aromatic rings. The maximum atomic E-state index is 11.7. The van der Waals surface area contributed by atoms with Crippen LogP contribution < -0.4 is 5.32 Å². The Balaban J connectivity index is 1.81. The third kappa shape index (κ3) is 4.07. The highest BCUT2D eigenvalue weighted by atomic mass is 16.5. The van der Waals surface area contributed by atoms with Crippen molar-refractivity contribution < 1.29 is 19.1 Å². The van der Waals surface area contributed by atoms with Crippen LogP contribution in [0.4, 0.5) is 5.69 Å². The first-order chi connectivity index (χ1) is 10.4. The zero-order valence-corrected chi connectivity index (χ0v) is 13.0. The van der Waals surface area contributed by atoms with Crippen molar-refractivity contribution in [3.63, 3.8) is 0 Å². The van der Waals surface area contributed by atoms with E-state index in [1.54, 1.807) is 38.4 Å². The molecule has 6 nitrogen and oxygen atoms in total. The molecule has 0 heterocycles. The summed E-state index contributed by atoms with van der Waals surface area (Å²) >= 11 is 0. The highest BCUT2D eigenvalue weighted by Gasteiger charge is 2.40. The first-order valence-electron chi connectivity index (χ1n) is 7.16. The molecule has 1 aliphatic carbocycles. The van der Waals surface area contributed by atoms with Gasteiger partial charge in [-0.25, -0.2) is 0 Å². The van der Waals surface area contributed by atoms with Crippen molar-refractivity contribution in [1.82, 2.24) is 4.90 Å². The number of ether oxygens (including phenoxy) is 1. The molecule has 0 radical (unpaired) electrons. The minimum absolute atomic E-state index is 0.0517. The maximum absolute atomic E-state index is 11.7. The van der Waals surface area contributed by atoms with Crippen molar-refractivity contribution in [2.75, 3.05) is 26.0 Å². The predicted octanol–water partition coefficient (Wildman–Crippen LogP) is 1.53. The van der Waals surface area contributed by atoms with Gasteiger partial charge >= 0.3 is 5.97 Å². The molecular weight excluding hydrogens is 284 g/mol. The normalized spacial score (nSPS) is 19.2. The van der Waals surface area contributed by atoms with Gasteiger partial charge in [-0.05, 0) is 36.6 Å². The van der Waals surface area contributed by atoms with Crippen LogP contribution in [0, 0.1) is 11.8 Å². The van der Waals surface area contributed by atoms with Crippen LogP contribution in [-0.2, 0) is 14.3 Å². The maximum Gasteiger partial charge on any atom is 0.309 e. The summed E-state index contributed by atoms with van der Waals surface area (Å²) in [6.07, 6.45) is 0.835. The molecule has 22 heavy (non-hydrogen) atoms. The third-order valence-corrected chi connectivity index (χ3v) is 3.58. The molecule has 2 amide bonds. The smallest absolute Gasteiger partial charge is 0.309 e. The Morgan fingerprint density at radius 1 is 1.23 bits per heavy atom. The monoisotopic (exact) mass is 304 g/mol. The number of esters is 1. The molecule has 1 aliphatic rings. The van der Waals surface area contributed by atoms with Crippen LogP contribution in [-0.4, -0.2) is 43.4 Å². The summed E-state index contributed by atoms with van der Waals surface area (Å²) < 4.78 is 4.95. The summed E-state index contributed by atoms with van der Waals surface area (Å²) in [4.78, 5) is 36.4. The standard InChI is InChI=1S/C16H20N2O4/c1-10-8-13(10)16(21)22-9-14(19)17-12-6-4-11(5-7-12)15(20)18(2)3/h4-7,10,13H,8-9H2,1-3H3,(H,17,19)/t10-,13-/m0/s1. The van der Waals surface area contributed by atoms with Gasteiger partial charge in [0.1, 0.15) is 0 Å². The zero-order chi connectivity index (χ0) is 16.3. The van der Waals surface area contributed by atoms with Crippen molar-refractivity contribution in [3.05, 3.63) is 29.8 Å². The number of hydrogen-bond acceptors (Lipinski definition) is 4. The molecular formula is C16H20N2O4. The van der Waals surface area contributed by atoms with Gasteiger partial charge < -0.3 is 15.0 Å². The van der Waals surface area contributed by atoms with Gasteiger partial charge in [0.25, 0.3) is 11.8 Å². The molecule has 0 saturated heterocycles. The molecule has 0 aromatic heterocycles. The van der Waals surface area contributed by atoms with Crippen LogP contribution in [0.1, 0.15) is 23.7 Å². The summed E-state index contributed by atoms with van der Waals surface area (Å²) in [5.74, 6) is -0.505. The number of hydrogen-bond donors (Lipinski definition) is 1. The molecule has 1 saturated carbocycles. The Kier molecular flexibility index (Phi) is 4.80. The topological polar surface area (TPSA) is 75.7 Å². The molecule has 0 unspecified atom stereocenters. The van der Waals surface area contributed by atoms with Gasteiger partial charge in [0.15, 0.2) is 6.61 Å². The molecule has 1 N–H and O–H groups in total. The van der Waals surface area contributed by atoms with E-state index in [-0.39, 0.29) is 24.4 Å². The van der Waals surface area contributed by atoms with Gasteiger partial charge in [0, 0.05) is 25.3 Å². The predicted molar refractivity (Wildman–Crippen MR) is 81.3 cm³/mol. The lowest BCUT2D eigenvalue weighted by molar-refractivity contribution is -0.148. The summed E-state index contributed by atoms with van der Waals surface area (Å²) in [6.45, 7) is 1.68. The second-order valence-corrected chi connectivity index (χ2v) is 5.75. The fourth-order valence-corrected chi connectivity index (χ4v) is 2.05. The van der Waals surface area contributed by atoms with Crippen molar-refractivity contribution in [1.29, 1.82) is 0 Å². The van der Waals surface area contributed by atoms with Crippen LogP contribution >= 0.6 is 0 Å². The van der Waals surface area contributed by atoms with Crippen LogP contribution in [0.5, 0.6) is 0 Å². The van der Waals surface area contributed by atoms with E-state index < -0.39 is 5.91 Å². The Morgan fingerprint density at radius 3 is 2.32 bits per heavy atom. The summed E-state index contributed by atoms with van der Waals surface area (Å²) in [7, 11) is 3.35. The van der Waals surface area contributed by atoms with Gasteiger partial charge in [-0.2, -0.15) is 0 Å². The number of nitrogens with zero attached hydrogens (tertiary/aromatic N) is 1. The SMILES string of the molecule is C[C@H]1C[C@@H]1C(=O)OCC(=O)Nc1ccc(C(=O)N(C)C)cc1. The minimum atomic E-state index is -0.395. The summed E-state index contributed by atoms with van der Waals surface area (Å²) in [5.41, 5.74) is 1.09. The molecule has 118 valence electrons. The minimum Gasteiger partial charge on any atom is -0.455 e. The summed E-state index contributed by atoms with van der Waals surface area (Å²) in [6, 6.07) is 6.55. The molecule has 0 spiro atoms. The second-order valence-electron chi connectivity index (χ2n) is 5.75. The second kappa shape index (κ2) is 6.60. The molecule has 6 heteroatoms. The number of nitrogens with one attached hydrogen (secondary N) is 1. The lowest BCUT2D eigenvalue weighted by Gasteiger charge is -2.11. The fraction of sp³-hybridized carbons (Fsp3) is 0.438. The number of rotatable bonds is 5. The van der Waals surface area contributed by atoms with E-state index in [0.29, 0.717) is 17.2 Å². The largest absolute Gasteiger partial charge is 0.455 e. The van der Waals surface area contributed by atoms with Crippen LogP contribution in [0.3, 0.4) is 0 Å². The fourth-order valence-electron chi connectivity index (χ4n) is 2.05. The quantitative estimate of drug-likeness (QED) is 0.837. The van der Waals surface area contributed by atoms with E-state index in [2.05, 4.69) is 5.32 Å². The Labute approximate surface area is 129 Å². The van der Waals surface area contributed by atoms with E-state index >= 15 is 0 Å². The van der Waals surface area contributed by atoms with E-state index in [1.165, 1.54) is 4.90 Å². The van der Waals surface area contributed by atoms with Gasteiger partial charge in [0.2, 0.25) is 0 Å². The van der Waals surface area contributed by atoms with Gasteiger partial charge in [0.05, 0.1) is 5.92 Å². The van der Waals surface area contributed by atoms with Gasteiger partial charge in [-0.15, -0.1) is 0 Å². The molecule has 2 rings (SSSR count). The highest BCUT2D eigenvalue weighted by Crippen LogP contribution is 2.38. The number of carbonyl (C=O) groups is 3. The van der Waals surface area contributed by atoms with Crippen molar-refractivity contribution >= 4 is 23.5 Å². The average Bonchev–Trinajstić information content (AvgIpc) is 3.22. The third-order valence-electron chi connectivity index (χ3n) is 3.58. The average molecular weight is 304 g/mol.